The minimum Gasteiger partial charge on any atom is -0.443 e. The van der Waals surface area contributed by atoms with Crippen LogP contribution in [0.2, 0.25) is 0 Å². The third-order valence-corrected chi connectivity index (χ3v) is 4.24. The van der Waals surface area contributed by atoms with Crippen LogP contribution in [-0.2, 0) is 14.3 Å². The van der Waals surface area contributed by atoms with Gasteiger partial charge in [0.2, 0.25) is 5.91 Å². The first kappa shape index (κ1) is 13.6. The second-order valence-electron chi connectivity index (χ2n) is 6.06. The Morgan fingerprint density at radius 2 is 2.20 bits per heavy atom. The summed E-state index contributed by atoms with van der Waals surface area (Å²) >= 11 is 0. The molecule has 2 unspecified atom stereocenters. The van der Waals surface area contributed by atoms with E-state index in [9.17, 15) is 9.59 Å². The molecule has 0 aromatic carbocycles. The Labute approximate surface area is 117 Å². The monoisotopic (exact) mass is 283 g/mol. The van der Waals surface area contributed by atoms with Gasteiger partial charge in [0.15, 0.2) is 0 Å². The number of hydrogen-bond acceptors (Lipinski definition) is 5. The van der Waals surface area contributed by atoms with Gasteiger partial charge < -0.3 is 25.4 Å². The van der Waals surface area contributed by atoms with Crippen molar-refractivity contribution in [1.29, 1.82) is 0 Å². The van der Waals surface area contributed by atoms with E-state index in [4.69, 9.17) is 15.2 Å². The van der Waals surface area contributed by atoms with E-state index in [1.807, 2.05) is 6.92 Å². The fourth-order valence-corrected chi connectivity index (χ4v) is 2.68. The fraction of sp³-hybridized carbons (Fsp3) is 0.846. The van der Waals surface area contributed by atoms with Gasteiger partial charge in [0.1, 0.15) is 24.5 Å². The summed E-state index contributed by atoms with van der Waals surface area (Å²) in [6.45, 7) is 2.55. The van der Waals surface area contributed by atoms with Crippen molar-refractivity contribution in [3.8, 4) is 0 Å². The summed E-state index contributed by atoms with van der Waals surface area (Å²) in [5, 5.41) is 2.52. The molecule has 7 heteroatoms. The number of alkyl carbamates (subject to hydrolysis) is 1. The lowest BCUT2D eigenvalue weighted by molar-refractivity contribution is -0.131. The van der Waals surface area contributed by atoms with Crippen LogP contribution in [0.3, 0.4) is 0 Å². The van der Waals surface area contributed by atoms with E-state index in [2.05, 4.69) is 5.32 Å². The summed E-state index contributed by atoms with van der Waals surface area (Å²) < 4.78 is 10.5. The van der Waals surface area contributed by atoms with Crippen LogP contribution in [0, 0.1) is 0 Å². The molecule has 0 spiro atoms. The van der Waals surface area contributed by atoms with Crippen LogP contribution in [0.4, 0.5) is 4.79 Å². The molecule has 2 saturated heterocycles. The average Bonchev–Trinajstić information content (AvgIpc) is 3.24. The van der Waals surface area contributed by atoms with E-state index in [0.717, 1.165) is 25.7 Å². The van der Waals surface area contributed by atoms with E-state index >= 15 is 0 Å². The molecule has 1 saturated carbocycles. The van der Waals surface area contributed by atoms with Crippen molar-refractivity contribution in [3.05, 3.63) is 0 Å². The van der Waals surface area contributed by atoms with Gasteiger partial charge in [-0.3, -0.25) is 4.79 Å². The van der Waals surface area contributed by atoms with Crippen LogP contribution in [0.15, 0.2) is 0 Å². The zero-order valence-corrected chi connectivity index (χ0v) is 11.6. The van der Waals surface area contributed by atoms with Gasteiger partial charge in [-0.2, -0.15) is 0 Å². The number of epoxide rings is 1. The Balaban J connectivity index is 1.45. The molecule has 2 amide bonds. The van der Waals surface area contributed by atoms with E-state index in [-0.39, 0.29) is 36.4 Å². The number of carbonyl (C=O) groups excluding carboxylic acids is 2. The van der Waals surface area contributed by atoms with Gasteiger partial charge in [-0.05, 0) is 32.6 Å². The Morgan fingerprint density at radius 3 is 2.80 bits per heavy atom. The van der Waals surface area contributed by atoms with Crippen LogP contribution in [-0.4, -0.2) is 54.0 Å². The predicted molar refractivity (Wildman–Crippen MR) is 69.7 cm³/mol. The highest BCUT2D eigenvalue weighted by atomic mass is 16.6. The molecule has 1 aliphatic carbocycles. The zero-order chi connectivity index (χ0) is 14.3. The summed E-state index contributed by atoms with van der Waals surface area (Å²) in [5.74, 6) is -0.104. The number of nitrogens with two attached hydrogens (primary N) is 1. The highest BCUT2D eigenvalue weighted by Crippen LogP contribution is 2.38. The molecule has 0 radical (unpaired) electrons. The Morgan fingerprint density at radius 1 is 1.50 bits per heavy atom. The molecule has 0 aromatic heterocycles. The van der Waals surface area contributed by atoms with Crippen molar-refractivity contribution in [3.63, 3.8) is 0 Å². The van der Waals surface area contributed by atoms with E-state index in [1.165, 1.54) is 0 Å². The maximum Gasteiger partial charge on any atom is 0.408 e. The van der Waals surface area contributed by atoms with Gasteiger partial charge in [0.25, 0.3) is 0 Å². The molecule has 0 aromatic rings. The van der Waals surface area contributed by atoms with E-state index in [0.29, 0.717) is 6.54 Å². The van der Waals surface area contributed by atoms with Gasteiger partial charge in [-0.25, -0.2) is 4.79 Å². The van der Waals surface area contributed by atoms with Crippen molar-refractivity contribution < 1.29 is 19.1 Å². The molecule has 0 bridgehead atoms. The first-order chi connectivity index (χ1) is 9.48. The standard InChI is InChI=1S/C13H21N3O4/c1-13(4-5-13)20-12(18)15-7-9(17)16-6-2-3-8(16)10-11(14)19-10/h8,10-11H,2-7,14H2,1H3,(H,15,18)/t8-,10?,11?/m0/s1. The van der Waals surface area contributed by atoms with Gasteiger partial charge in [0.05, 0.1) is 6.04 Å². The number of carbonyl (C=O) groups is 2. The number of rotatable bonds is 4. The Bertz CT molecular complexity index is 424. The molecular formula is C13H21N3O4. The number of likely N-dealkylation sites (tertiary alicyclic amines) is 1. The molecule has 2 aliphatic heterocycles. The molecule has 2 heterocycles. The van der Waals surface area contributed by atoms with Crippen molar-refractivity contribution >= 4 is 12.0 Å². The summed E-state index contributed by atoms with van der Waals surface area (Å²) in [6.07, 6.45) is 2.82. The van der Waals surface area contributed by atoms with Gasteiger partial charge in [-0.1, -0.05) is 0 Å². The molecule has 112 valence electrons. The molecule has 7 nitrogen and oxygen atoms in total. The normalized spacial score (nSPS) is 33.7. The molecule has 3 rings (SSSR count). The molecule has 20 heavy (non-hydrogen) atoms. The van der Waals surface area contributed by atoms with Crippen molar-refractivity contribution in [2.45, 2.75) is 56.6 Å². The van der Waals surface area contributed by atoms with Crippen molar-refractivity contribution in [1.82, 2.24) is 10.2 Å². The molecule has 3 fully saturated rings. The third-order valence-electron chi connectivity index (χ3n) is 4.24. The lowest BCUT2D eigenvalue weighted by atomic mass is 10.1. The average molecular weight is 283 g/mol. The number of amides is 2. The maximum atomic E-state index is 12.1. The topological polar surface area (TPSA) is 97.2 Å². The number of ether oxygens (including phenoxy) is 2. The zero-order valence-electron chi connectivity index (χ0n) is 11.6. The van der Waals surface area contributed by atoms with Crippen molar-refractivity contribution in [2.75, 3.05) is 13.1 Å². The van der Waals surface area contributed by atoms with Crippen LogP contribution in [0.1, 0.15) is 32.6 Å². The van der Waals surface area contributed by atoms with Gasteiger partial charge in [0, 0.05) is 6.54 Å². The summed E-state index contributed by atoms with van der Waals surface area (Å²) in [4.78, 5) is 25.4. The summed E-state index contributed by atoms with van der Waals surface area (Å²) in [7, 11) is 0. The maximum absolute atomic E-state index is 12.1. The quantitative estimate of drug-likeness (QED) is 0.704. The highest BCUT2D eigenvalue weighted by Gasteiger charge is 2.48. The Hall–Kier alpha value is -1.34. The van der Waals surface area contributed by atoms with Crippen LogP contribution in [0.25, 0.3) is 0 Å². The van der Waals surface area contributed by atoms with Crippen LogP contribution < -0.4 is 11.1 Å². The Kier molecular flexibility index (Phi) is 3.33. The molecule has 3 aliphatic rings. The van der Waals surface area contributed by atoms with Gasteiger partial charge in [-0.15, -0.1) is 0 Å². The molecular weight excluding hydrogens is 262 g/mol. The first-order valence-corrected chi connectivity index (χ1v) is 7.16. The third kappa shape index (κ3) is 2.88. The summed E-state index contributed by atoms with van der Waals surface area (Å²) in [5.41, 5.74) is 5.34. The van der Waals surface area contributed by atoms with E-state index in [1.54, 1.807) is 4.90 Å². The molecule has 3 atom stereocenters. The predicted octanol–water partition coefficient (Wildman–Crippen LogP) is -0.0603. The lowest BCUT2D eigenvalue weighted by Crippen LogP contribution is -2.45. The number of hydrogen-bond donors (Lipinski definition) is 2. The number of nitrogens with zero attached hydrogens (tertiary/aromatic N) is 1. The van der Waals surface area contributed by atoms with Crippen LogP contribution in [0.5, 0.6) is 0 Å². The minimum atomic E-state index is -0.520. The second-order valence-corrected chi connectivity index (χ2v) is 6.06. The lowest BCUT2D eigenvalue weighted by Gasteiger charge is -2.23. The fourth-order valence-electron chi connectivity index (χ4n) is 2.68. The first-order valence-electron chi connectivity index (χ1n) is 7.16. The highest BCUT2D eigenvalue weighted by molar-refractivity contribution is 5.83. The largest absolute Gasteiger partial charge is 0.443 e. The smallest absolute Gasteiger partial charge is 0.408 e. The SMILES string of the molecule is CC1(OC(=O)NCC(=O)N2CCC[C@H]2C2OC2N)CC1. The second kappa shape index (κ2) is 4.89. The summed E-state index contributed by atoms with van der Waals surface area (Å²) in [6, 6.07) is 0.0521. The van der Waals surface area contributed by atoms with E-state index < -0.39 is 6.09 Å². The molecule has 3 N–H and O–H groups in total. The number of nitrogens with one attached hydrogen (secondary N) is 1. The minimum absolute atomic E-state index is 0.0344. The van der Waals surface area contributed by atoms with Crippen molar-refractivity contribution in [2.24, 2.45) is 5.73 Å². The van der Waals surface area contributed by atoms with Gasteiger partial charge >= 0.3 is 6.09 Å². The van der Waals surface area contributed by atoms with Crippen LogP contribution >= 0.6 is 0 Å².